The van der Waals surface area contributed by atoms with E-state index >= 15 is 0 Å². The number of hydrogen-bond donors (Lipinski definition) is 3. The number of ether oxygens (including phenoxy) is 1. The van der Waals surface area contributed by atoms with E-state index < -0.39 is 11.4 Å². The lowest BCUT2D eigenvalue weighted by molar-refractivity contribution is -0.137. The van der Waals surface area contributed by atoms with Crippen LogP contribution in [0.2, 0.25) is 0 Å². The average molecular weight is 342 g/mol. The van der Waals surface area contributed by atoms with Crippen LogP contribution in [0.3, 0.4) is 0 Å². The Balaban J connectivity index is 1.91. The quantitative estimate of drug-likeness (QED) is 0.478. The van der Waals surface area contributed by atoms with Gasteiger partial charge in [0.2, 0.25) is 5.88 Å². The first-order valence-corrected chi connectivity index (χ1v) is 7.52. The second-order valence-electron chi connectivity index (χ2n) is 5.88. The zero-order valence-corrected chi connectivity index (χ0v) is 14.0. The molecule has 0 atom stereocenters. The Labute approximate surface area is 143 Å². The van der Waals surface area contributed by atoms with Crippen LogP contribution in [0.5, 0.6) is 5.88 Å². The lowest BCUT2D eigenvalue weighted by atomic mass is 10.1. The first-order chi connectivity index (χ1) is 12.0. The summed E-state index contributed by atoms with van der Waals surface area (Å²) in [5.74, 6) is -0.0745. The summed E-state index contributed by atoms with van der Waals surface area (Å²) in [5, 5.41) is 17.1. The van der Waals surface area contributed by atoms with Gasteiger partial charge in [-0.1, -0.05) is 0 Å². The SMILES string of the molecule is COc1ccc2c(Nc3cnn(C(C)(C)C(=O)NO)c3)ccnc2n1. The topological polar surface area (TPSA) is 114 Å². The molecule has 0 saturated heterocycles. The maximum Gasteiger partial charge on any atom is 0.270 e. The number of nitrogens with one attached hydrogen (secondary N) is 2. The molecule has 25 heavy (non-hydrogen) atoms. The van der Waals surface area contributed by atoms with E-state index in [1.807, 2.05) is 12.1 Å². The second-order valence-corrected chi connectivity index (χ2v) is 5.88. The van der Waals surface area contributed by atoms with Crippen LogP contribution in [-0.2, 0) is 10.3 Å². The van der Waals surface area contributed by atoms with Crippen LogP contribution < -0.4 is 15.5 Å². The van der Waals surface area contributed by atoms with Gasteiger partial charge >= 0.3 is 0 Å². The molecule has 0 bridgehead atoms. The van der Waals surface area contributed by atoms with E-state index in [-0.39, 0.29) is 0 Å². The molecule has 1 amide bonds. The van der Waals surface area contributed by atoms with Gasteiger partial charge in [-0.2, -0.15) is 10.1 Å². The lowest BCUT2D eigenvalue weighted by Crippen LogP contribution is -2.43. The van der Waals surface area contributed by atoms with E-state index in [9.17, 15) is 4.79 Å². The van der Waals surface area contributed by atoms with Gasteiger partial charge in [0, 0.05) is 23.8 Å². The van der Waals surface area contributed by atoms with Crippen molar-refractivity contribution in [1.82, 2.24) is 25.2 Å². The van der Waals surface area contributed by atoms with E-state index in [0.29, 0.717) is 17.2 Å². The molecule has 0 fully saturated rings. The summed E-state index contributed by atoms with van der Waals surface area (Å²) >= 11 is 0. The van der Waals surface area contributed by atoms with E-state index in [1.54, 1.807) is 51.1 Å². The maximum atomic E-state index is 11.8. The normalized spacial score (nSPS) is 11.4. The molecule has 9 heteroatoms. The zero-order chi connectivity index (χ0) is 18.0. The molecule has 3 aromatic rings. The molecule has 0 aliphatic carbocycles. The first kappa shape index (κ1) is 16.7. The number of hydroxylamine groups is 1. The van der Waals surface area contributed by atoms with Crippen LogP contribution in [0.1, 0.15) is 13.8 Å². The Morgan fingerprint density at radius 1 is 1.32 bits per heavy atom. The highest BCUT2D eigenvalue weighted by atomic mass is 16.5. The van der Waals surface area contributed by atoms with Crippen molar-refractivity contribution in [3.05, 3.63) is 36.8 Å². The molecule has 3 aromatic heterocycles. The average Bonchev–Trinajstić information content (AvgIpc) is 3.10. The Morgan fingerprint density at radius 2 is 2.12 bits per heavy atom. The molecule has 3 heterocycles. The molecular formula is C16H18N6O3. The van der Waals surface area contributed by atoms with Crippen LogP contribution in [0.25, 0.3) is 11.0 Å². The molecule has 0 radical (unpaired) electrons. The second kappa shape index (κ2) is 6.36. The van der Waals surface area contributed by atoms with Crippen molar-refractivity contribution in [3.8, 4) is 5.88 Å². The summed E-state index contributed by atoms with van der Waals surface area (Å²) in [5.41, 5.74) is 2.64. The number of rotatable bonds is 5. The zero-order valence-electron chi connectivity index (χ0n) is 14.0. The molecular weight excluding hydrogens is 324 g/mol. The maximum absolute atomic E-state index is 11.8. The number of carbonyl (C=O) groups excluding carboxylic acids is 1. The fraction of sp³-hybridized carbons (Fsp3) is 0.250. The van der Waals surface area contributed by atoms with Gasteiger partial charge < -0.3 is 10.1 Å². The van der Waals surface area contributed by atoms with Gasteiger partial charge in [-0.15, -0.1) is 0 Å². The number of nitrogens with zero attached hydrogens (tertiary/aromatic N) is 4. The summed E-state index contributed by atoms with van der Waals surface area (Å²) in [6.07, 6.45) is 4.92. The predicted octanol–water partition coefficient (Wildman–Crippen LogP) is 1.82. The van der Waals surface area contributed by atoms with Gasteiger partial charge in [-0.3, -0.25) is 14.7 Å². The molecule has 0 aromatic carbocycles. The van der Waals surface area contributed by atoms with Gasteiger partial charge in [0.15, 0.2) is 5.65 Å². The third-order valence-corrected chi connectivity index (χ3v) is 3.88. The van der Waals surface area contributed by atoms with Gasteiger partial charge in [0.1, 0.15) is 5.54 Å². The molecule has 3 rings (SSSR count). The Bertz CT molecular complexity index is 921. The van der Waals surface area contributed by atoms with Crippen molar-refractivity contribution in [2.24, 2.45) is 0 Å². The number of amides is 1. The molecule has 0 saturated carbocycles. The number of anilines is 2. The van der Waals surface area contributed by atoms with Crippen molar-refractivity contribution < 1.29 is 14.7 Å². The molecule has 0 spiro atoms. The first-order valence-electron chi connectivity index (χ1n) is 7.52. The molecule has 3 N–H and O–H groups in total. The van der Waals surface area contributed by atoms with Gasteiger partial charge in [-0.25, -0.2) is 10.5 Å². The van der Waals surface area contributed by atoms with Crippen molar-refractivity contribution in [2.75, 3.05) is 12.4 Å². The van der Waals surface area contributed by atoms with Crippen molar-refractivity contribution in [3.63, 3.8) is 0 Å². The van der Waals surface area contributed by atoms with E-state index in [1.165, 1.54) is 4.68 Å². The van der Waals surface area contributed by atoms with Crippen LogP contribution in [0, 0.1) is 0 Å². The summed E-state index contributed by atoms with van der Waals surface area (Å²) in [7, 11) is 1.55. The number of aromatic nitrogens is 4. The lowest BCUT2D eigenvalue weighted by Gasteiger charge is -2.22. The van der Waals surface area contributed by atoms with E-state index in [0.717, 1.165) is 11.1 Å². The van der Waals surface area contributed by atoms with Crippen molar-refractivity contribution >= 4 is 28.3 Å². The van der Waals surface area contributed by atoms with Crippen molar-refractivity contribution in [2.45, 2.75) is 19.4 Å². The fourth-order valence-corrected chi connectivity index (χ4v) is 2.32. The minimum atomic E-state index is -1.04. The van der Waals surface area contributed by atoms with Crippen LogP contribution in [0.15, 0.2) is 36.8 Å². The standard InChI is InChI=1S/C16H18N6O3/c1-16(2,15(23)21-24)22-9-10(8-18-22)19-12-6-7-17-14-11(12)4-5-13(20-14)25-3/h4-9,24H,1-3H3,(H,21,23)(H,17,19,20). The Hall–Kier alpha value is -3.20. The summed E-state index contributed by atoms with van der Waals surface area (Å²) in [6.45, 7) is 3.29. The van der Waals surface area contributed by atoms with Crippen LogP contribution in [-0.4, -0.2) is 38.0 Å². The van der Waals surface area contributed by atoms with Gasteiger partial charge in [0.25, 0.3) is 5.91 Å². The highest BCUT2D eigenvalue weighted by Gasteiger charge is 2.30. The molecule has 130 valence electrons. The predicted molar refractivity (Wildman–Crippen MR) is 90.9 cm³/mol. The number of methoxy groups -OCH3 is 1. The number of carbonyl (C=O) groups is 1. The highest BCUT2D eigenvalue weighted by molar-refractivity contribution is 5.90. The number of fused-ring (bicyclic) bond motifs is 1. The summed E-state index contributed by atoms with van der Waals surface area (Å²) < 4.78 is 6.57. The smallest absolute Gasteiger partial charge is 0.270 e. The third-order valence-electron chi connectivity index (χ3n) is 3.88. The van der Waals surface area contributed by atoms with Crippen LogP contribution in [0.4, 0.5) is 11.4 Å². The molecule has 0 aliphatic rings. The number of hydrogen-bond acceptors (Lipinski definition) is 7. The van der Waals surface area contributed by atoms with Crippen LogP contribution >= 0.6 is 0 Å². The largest absolute Gasteiger partial charge is 0.481 e. The van der Waals surface area contributed by atoms with Gasteiger partial charge in [-0.05, 0) is 26.0 Å². The monoisotopic (exact) mass is 342 g/mol. The third kappa shape index (κ3) is 3.09. The minimum Gasteiger partial charge on any atom is -0.481 e. The highest BCUT2D eigenvalue weighted by Crippen LogP contribution is 2.26. The fourth-order valence-electron chi connectivity index (χ4n) is 2.32. The Kier molecular flexibility index (Phi) is 4.24. The number of pyridine rings is 2. The van der Waals surface area contributed by atoms with Gasteiger partial charge in [0.05, 0.1) is 24.7 Å². The molecule has 9 nitrogen and oxygen atoms in total. The molecule has 0 unspecified atom stereocenters. The summed E-state index contributed by atoms with van der Waals surface area (Å²) in [6, 6.07) is 5.44. The summed E-state index contributed by atoms with van der Waals surface area (Å²) in [4.78, 5) is 20.3. The molecule has 0 aliphatic heterocycles. The minimum absolute atomic E-state index is 0.488. The van der Waals surface area contributed by atoms with E-state index in [4.69, 9.17) is 9.94 Å². The van der Waals surface area contributed by atoms with Crippen molar-refractivity contribution in [1.29, 1.82) is 0 Å². The van der Waals surface area contributed by atoms with E-state index in [2.05, 4.69) is 20.4 Å². The Morgan fingerprint density at radius 3 is 2.84 bits per heavy atom.